The number of anilines is 1. The predicted molar refractivity (Wildman–Crippen MR) is 82.1 cm³/mol. The van der Waals surface area contributed by atoms with E-state index in [-0.39, 0.29) is 11.4 Å². The summed E-state index contributed by atoms with van der Waals surface area (Å²) in [5, 5.41) is 9.87. The van der Waals surface area contributed by atoms with E-state index in [0.717, 1.165) is 12.2 Å². The average molecular weight is 289 g/mol. The van der Waals surface area contributed by atoms with Gasteiger partial charge in [0.25, 0.3) is 5.56 Å². The first-order chi connectivity index (χ1) is 10.0. The minimum absolute atomic E-state index is 0.158. The monoisotopic (exact) mass is 289 g/mol. The Morgan fingerprint density at radius 2 is 1.90 bits per heavy atom. The van der Waals surface area contributed by atoms with Crippen molar-refractivity contribution in [2.75, 3.05) is 18.5 Å². The van der Waals surface area contributed by atoms with Crippen LogP contribution >= 0.6 is 0 Å². The molecule has 6 heteroatoms. The molecule has 0 saturated heterocycles. The highest BCUT2D eigenvalue weighted by Crippen LogP contribution is 2.12. The number of nitrogens with one attached hydrogen (secondary N) is 1. The van der Waals surface area contributed by atoms with E-state index >= 15 is 0 Å². The molecule has 0 aliphatic heterocycles. The normalized spacial score (nSPS) is 10.6. The van der Waals surface area contributed by atoms with E-state index in [1.54, 1.807) is 0 Å². The molecule has 0 atom stereocenters. The molecule has 1 aromatic heterocycles. The minimum Gasteiger partial charge on any atom is -0.494 e. The Labute approximate surface area is 122 Å². The maximum atomic E-state index is 11.7. The van der Waals surface area contributed by atoms with E-state index in [2.05, 4.69) is 9.88 Å². The number of benzene rings is 1. The Morgan fingerprint density at radius 3 is 2.57 bits per heavy atom. The summed E-state index contributed by atoms with van der Waals surface area (Å²) < 4.78 is 1.19. The number of H-pyrrole nitrogens is 1. The van der Waals surface area contributed by atoms with Gasteiger partial charge in [-0.1, -0.05) is 18.2 Å². The number of hydrogen-bond donors (Lipinski definition) is 2. The molecule has 0 aliphatic carbocycles. The Hall–Kier alpha value is -2.50. The molecule has 0 fully saturated rings. The number of rotatable bonds is 5. The molecule has 1 aromatic carbocycles. The van der Waals surface area contributed by atoms with Gasteiger partial charge in [-0.05, 0) is 25.5 Å². The lowest BCUT2D eigenvalue weighted by Gasteiger charge is -2.19. The van der Waals surface area contributed by atoms with Gasteiger partial charge in [0.1, 0.15) is 0 Å². The van der Waals surface area contributed by atoms with Gasteiger partial charge in [-0.2, -0.15) is 0 Å². The third-order valence-electron chi connectivity index (χ3n) is 3.47. The van der Waals surface area contributed by atoms with E-state index < -0.39 is 11.2 Å². The Bertz CT molecular complexity index is 719. The fourth-order valence-electron chi connectivity index (χ4n) is 2.14. The van der Waals surface area contributed by atoms with Crippen molar-refractivity contribution >= 4 is 5.69 Å². The summed E-state index contributed by atoms with van der Waals surface area (Å²) in [4.78, 5) is 27.3. The molecule has 2 aromatic rings. The van der Waals surface area contributed by atoms with Crippen molar-refractivity contribution in [3.8, 4) is 5.88 Å². The van der Waals surface area contributed by atoms with Crippen LogP contribution in [0.3, 0.4) is 0 Å². The van der Waals surface area contributed by atoms with Crippen LogP contribution in [0.4, 0.5) is 5.69 Å². The Kier molecular flexibility index (Phi) is 4.47. The molecule has 0 radical (unpaired) electrons. The van der Waals surface area contributed by atoms with Crippen LogP contribution in [0.2, 0.25) is 0 Å². The molecule has 112 valence electrons. The quantitative estimate of drug-likeness (QED) is 0.863. The first-order valence-corrected chi connectivity index (χ1v) is 6.79. The zero-order valence-corrected chi connectivity index (χ0v) is 12.2. The lowest BCUT2D eigenvalue weighted by atomic mass is 10.3. The van der Waals surface area contributed by atoms with Gasteiger partial charge in [0.15, 0.2) is 0 Å². The number of para-hydroxylation sites is 1. The largest absolute Gasteiger partial charge is 0.494 e. The first-order valence-electron chi connectivity index (χ1n) is 6.79. The lowest BCUT2D eigenvalue weighted by Crippen LogP contribution is -2.32. The molecule has 2 rings (SSSR count). The number of aromatic nitrogens is 2. The van der Waals surface area contributed by atoms with E-state index in [1.807, 2.05) is 37.4 Å². The van der Waals surface area contributed by atoms with Gasteiger partial charge >= 0.3 is 5.69 Å². The lowest BCUT2D eigenvalue weighted by molar-refractivity contribution is 0.392. The summed E-state index contributed by atoms with van der Waals surface area (Å²) in [6, 6.07) is 9.90. The second kappa shape index (κ2) is 6.30. The molecule has 0 unspecified atom stereocenters. The summed E-state index contributed by atoms with van der Waals surface area (Å²) in [5.74, 6) is -0.258. The van der Waals surface area contributed by atoms with Gasteiger partial charge in [0.2, 0.25) is 5.88 Å². The zero-order valence-electron chi connectivity index (χ0n) is 12.2. The summed E-state index contributed by atoms with van der Waals surface area (Å²) >= 11 is 0. The minimum atomic E-state index is -0.578. The van der Waals surface area contributed by atoms with Crippen LogP contribution in [0.25, 0.3) is 0 Å². The summed E-state index contributed by atoms with van der Waals surface area (Å²) in [5.41, 5.74) is 0.123. The van der Waals surface area contributed by atoms with Gasteiger partial charge < -0.3 is 10.0 Å². The molecule has 21 heavy (non-hydrogen) atoms. The first kappa shape index (κ1) is 14.9. The SMILES string of the molecule is Cc1c(O)n(CCCN(C)c2ccccc2)c(=O)[nH]c1=O. The standard InChI is InChI=1S/C15H19N3O3/c1-11-13(19)16-15(21)18(14(11)20)10-6-9-17(2)12-7-4-3-5-8-12/h3-5,7-8,20H,6,9-10H2,1-2H3,(H,16,19,21). The predicted octanol–water partition coefficient (Wildman–Crippen LogP) is 1.08. The third kappa shape index (κ3) is 3.34. The van der Waals surface area contributed by atoms with Gasteiger partial charge in [0, 0.05) is 25.8 Å². The van der Waals surface area contributed by atoms with Crippen molar-refractivity contribution in [1.82, 2.24) is 9.55 Å². The molecule has 0 bridgehead atoms. The highest BCUT2D eigenvalue weighted by molar-refractivity contribution is 5.44. The molecule has 1 heterocycles. The Morgan fingerprint density at radius 1 is 1.24 bits per heavy atom. The zero-order chi connectivity index (χ0) is 15.4. The van der Waals surface area contributed by atoms with Gasteiger partial charge in [0.05, 0.1) is 5.56 Å². The van der Waals surface area contributed by atoms with Crippen LogP contribution in [0, 0.1) is 6.92 Å². The van der Waals surface area contributed by atoms with E-state index in [1.165, 1.54) is 11.5 Å². The van der Waals surface area contributed by atoms with Crippen LogP contribution in [0.15, 0.2) is 39.9 Å². The molecule has 2 N–H and O–H groups in total. The molecule has 0 amide bonds. The number of aromatic hydroxyl groups is 1. The third-order valence-corrected chi connectivity index (χ3v) is 3.47. The van der Waals surface area contributed by atoms with Crippen LogP contribution < -0.4 is 16.1 Å². The van der Waals surface area contributed by atoms with Crippen LogP contribution in [-0.2, 0) is 6.54 Å². The number of aromatic amines is 1. The van der Waals surface area contributed by atoms with E-state index in [4.69, 9.17) is 0 Å². The van der Waals surface area contributed by atoms with Crippen molar-refractivity contribution in [3.63, 3.8) is 0 Å². The van der Waals surface area contributed by atoms with Crippen molar-refractivity contribution in [2.24, 2.45) is 0 Å². The van der Waals surface area contributed by atoms with E-state index in [9.17, 15) is 14.7 Å². The second-order valence-electron chi connectivity index (χ2n) is 4.97. The molecule has 6 nitrogen and oxygen atoms in total. The van der Waals surface area contributed by atoms with Gasteiger partial charge in [-0.15, -0.1) is 0 Å². The van der Waals surface area contributed by atoms with E-state index in [0.29, 0.717) is 13.0 Å². The van der Waals surface area contributed by atoms with Crippen LogP contribution in [0.1, 0.15) is 12.0 Å². The van der Waals surface area contributed by atoms with Crippen molar-refractivity contribution in [1.29, 1.82) is 0 Å². The average Bonchev–Trinajstić information content (AvgIpc) is 2.49. The van der Waals surface area contributed by atoms with Crippen molar-refractivity contribution in [2.45, 2.75) is 19.9 Å². The van der Waals surface area contributed by atoms with Crippen LogP contribution in [0.5, 0.6) is 5.88 Å². The van der Waals surface area contributed by atoms with Gasteiger partial charge in [-0.25, -0.2) is 4.79 Å². The highest BCUT2D eigenvalue weighted by Gasteiger charge is 2.10. The topological polar surface area (TPSA) is 78.3 Å². The second-order valence-corrected chi connectivity index (χ2v) is 4.97. The van der Waals surface area contributed by atoms with Crippen LogP contribution in [-0.4, -0.2) is 28.3 Å². The summed E-state index contributed by atoms with van der Waals surface area (Å²) in [6.45, 7) is 2.56. The number of nitrogens with zero attached hydrogens (tertiary/aromatic N) is 2. The van der Waals surface area contributed by atoms with Crippen molar-refractivity contribution < 1.29 is 5.11 Å². The van der Waals surface area contributed by atoms with Crippen molar-refractivity contribution in [3.05, 3.63) is 56.7 Å². The molecule has 0 spiro atoms. The maximum Gasteiger partial charge on any atom is 0.331 e. The number of hydrogen-bond acceptors (Lipinski definition) is 4. The smallest absolute Gasteiger partial charge is 0.331 e. The maximum absolute atomic E-state index is 11.7. The molecule has 0 aliphatic rings. The Balaban J connectivity index is 2.03. The van der Waals surface area contributed by atoms with Gasteiger partial charge in [-0.3, -0.25) is 14.3 Å². The fourth-order valence-corrected chi connectivity index (χ4v) is 2.14. The molecular formula is C15H19N3O3. The summed E-state index contributed by atoms with van der Waals surface area (Å²) in [7, 11) is 1.97. The highest BCUT2D eigenvalue weighted by atomic mass is 16.3. The fraction of sp³-hybridized carbons (Fsp3) is 0.333. The molecule has 0 saturated carbocycles. The molecular weight excluding hydrogens is 270 g/mol. The summed E-state index contributed by atoms with van der Waals surface area (Å²) in [6.07, 6.45) is 0.671.